The highest BCUT2D eigenvalue weighted by atomic mass is 15.3. The van der Waals surface area contributed by atoms with Gasteiger partial charge in [-0.05, 0) is 19.3 Å². The zero-order valence-electron chi connectivity index (χ0n) is 9.08. The molecule has 1 heterocycles. The molecule has 0 unspecified atom stereocenters. The molecule has 14 heavy (non-hydrogen) atoms. The fourth-order valence-corrected chi connectivity index (χ4v) is 2.38. The second kappa shape index (κ2) is 3.64. The topological polar surface area (TPSA) is 43.8 Å². The van der Waals surface area contributed by atoms with E-state index in [2.05, 4.69) is 12.0 Å². The summed E-state index contributed by atoms with van der Waals surface area (Å²) < 4.78 is 1.79. The van der Waals surface area contributed by atoms with E-state index >= 15 is 0 Å². The molecule has 1 aliphatic rings. The fraction of sp³-hybridized carbons (Fsp3) is 0.727. The Hall–Kier alpha value is -0.990. The third-order valence-corrected chi connectivity index (χ3v) is 3.39. The average Bonchev–Trinajstić information content (AvgIpc) is 2.73. The largest absolute Gasteiger partial charge is 0.384 e. The summed E-state index contributed by atoms with van der Waals surface area (Å²) >= 11 is 0. The minimum Gasteiger partial charge on any atom is -0.384 e. The second-order valence-corrected chi connectivity index (χ2v) is 4.44. The van der Waals surface area contributed by atoms with Crippen LogP contribution in [-0.4, -0.2) is 9.78 Å². The molecule has 0 aliphatic heterocycles. The van der Waals surface area contributed by atoms with E-state index in [9.17, 15) is 0 Å². The van der Waals surface area contributed by atoms with Crippen molar-refractivity contribution >= 4 is 5.82 Å². The van der Waals surface area contributed by atoms with Crippen LogP contribution in [0.2, 0.25) is 0 Å². The standard InChI is InChI=1S/C11H19N3/c1-8-10(13-14(2)11(8)12)7-9-5-3-4-6-9/h9H,3-7,12H2,1-2H3. The zero-order chi connectivity index (χ0) is 10.1. The van der Waals surface area contributed by atoms with Crippen molar-refractivity contribution in [3.8, 4) is 0 Å². The van der Waals surface area contributed by atoms with E-state index in [1.165, 1.54) is 36.9 Å². The number of hydrogen-bond acceptors (Lipinski definition) is 2. The van der Waals surface area contributed by atoms with Gasteiger partial charge < -0.3 is 5.73 Å². The number of nitrogens with zero attached hydrogens (tertiary/aromatic N) is 2. The summed E-state index contributed by atoms with van der Waals surface area (Å²) in [6.45, 7) is 2.08. The molecule has 1 aromatic heterocycles. The van der Waals surface area contributed by atoms with E-state index in [0.717, 1.165) is 18.2 Å². The van der Waals surface area contributed by atoms with Crippen LogP contribution in [0.25, 0.3) is 0 Å². The molecule has 0 amide bonds. The SMILES string of the molecule is Cc1c(CC2CCCC2)nn(C)c1N. The van der Waals surface area contributed by atoms with Gasteiger partial charge >= 0.3 is 0 Å². The smallest absolute Gasteiger partial charge is 0.124 e. The summed E-state index contributed by atoms with van der Waals surface area (Å²) in [7, 11) is 1.92. The monoisotopic (exact) mass is 193 g/mol. The minimum absolute atomic E-state index is 0.818. The molecule has 0 spiro atoms. The Morgan fingerprint density at radius 1 is 1.43 bits per heavy atom. The normalized spacial score (nSPS) is 17.9. The van der Waals surface area contributed by atoms with E-state index < -0.39 is 0 Å². The lowest BCUT2D eigenvalue weighted by molar-refractivity contribution is 0.533. The molecule has 0 atom stereocenters. The van der Waals surface area contributed by atoms with E-state index in [-0.39, 0.29) is 0 Å². The van der Waals surface area contributed by atoms with E-state index in [4.69, 9.17) is 5.73 Å². The molecule has 0 radical (unpaired) electrons. The zero-order valence-corrected chi connectivity index (χ0v) is 9.08. The van der Waals surface area contributed by atoms with Gasteiger partial charge in [-0.25, -0.2) is 0 Å². The lowest BCUT2D eigenvalue weighted by atomic mass is 10.00. The Kier molecular flexibility index (Phi) is 2.48. The van der Waals surface area contributed by atoms with Crippen LogP contribution < -0.4 is 5.73 Å². The van der Waals surface area contributed by atoms with Gasteiger partial charge in [0.25, 0.3) is 0 Å². The maximum atomic E-state index is 5.88. The molecule has 0 aromatic carbocycles. The molecule has 1 aliphatic carbocycles. The predicted molar refractivity (Wildman–Crippen MR) is 58.0 cm³/mol. The summed E-state index contributed by atoms with van der Waals surface area (Å²) in [6.07, 6.45) is 6.65. The summed E-state index contributed by atoms with van der Waals surface area (Å²) in [5.41, 5.74) is 8.26. The highest BCUT2D eigenvalue weighted by Crippen LogP contribution is 2.29. The molecule has 1 aromatic rings. The lowest BCUT2D eigenvalue weighted by Gasteiger charge is -2.06. The summed E-state index contributed by atoms with van der Waals surface area (Å²) in [6, 6.07) is 0. The number of aromatic nitrogens is 2. The van der Waals surface area contributed by atoms with Gasteiger partial charge in [0.2, 0.25) is 0 Å². The Morgan fingerprint density at radius 3 is 2.57 bits per heavy atom. The van der Waals surface area contributed by atoms with E-state index in [1.54, 1.807) is 4.68 Å². The van der Waals surface area contributed by atoms with Gasteiger partial charge in [0.05, 0.1) is 5.69 Å². The minimum atomic E-state index is 0.818. The first-order chi connectivity index (χ1) is 6.68. The average molecular weight is 193 g/mol. The van der Waals surface area contributed by atoms with Crippen molar-refractivity contribution in [2.75, 3.05) is 5.73 Å². The van der Waals surface area contributed by atoms with Crippen LogP contribution >= 0.6 is 0 Å². The fourth-order valence-electron chi connectivity index (χ4n) is 2.38. The van der Waals surface area contributed by atoms with Crippen LogP contribution in [0.1, 0.15) is 36.9 Å². The third-order valence-electron chi connectivity index (χ3n) is 3.39. The first-order valence-corrected chi connectivity index (χ1v) is 5.46. The van der Waals surface area contributed by atoms with Crippen LogP contribution in [0.15, 0.2) is 0 Å². The van der Waals surface area contributed by atoms with Crippen molar-refractivity contribution in [1.82, 2.24) is 9.78 Å². The van der Waals surface area contributed by atoms with Crippen molar-refractivity contribution in [1.29, 1.82) is 0 Å². The number of nitrogen functional groups attached to an aromatic ring is 1. The Labute approximate surface area is 85.3 Å². The van der Waals surface area contributed by atoms with Gasteiger partial charge in [-0.15, -0.1) is 0 Å². The van der Waals surface area contributed by atoms with Crippen LogP contribution in [0.4, 0.5) is 5.82 Å². The van der Waals surface area contributed by atoms with Crippen molar-refractivity contribution in [3.05, 3.63) is 11.3 Å². The Bertz CT molecular complexity index is 322. The summed E-state index contributed by atoms with van der Waals surface area (Å²) in [5, 5.41) is 4.46. The number of aryl methyl sites for hydroxylation is 1. The van der Waals surface area contributed by atoms with Gasteiger partial charge in [0, 0.05) is 12.6 Å². The van der Waals surface area contributed by atoms with Gasteiger partial charge in [0.1, 0.15) is 5.82 Å². The molecule has 2 N–H and O–H groups in total. The number of rotatable bonds is 2. The molecular formula is C11H19N3. The quantitative estimate of drug-likeness (QED) is 0.781. The molecular weight excluding hydrogens is 174 g/mol. The van der Waals surface area contributed by atoms with Crippen molar-refractivity contribution in [2.45, 2.75) is 39.0 Å². The van der Waals surface area contributed by atoms with Crippen LogP contribution in [0.3, 0.4) is 0 Å². The van der Waals surface area contributed by atoms with Crippen LogP contribution in [0, 0.1) is 12.8 Å². The lowest BCUT2D eigenvalue weighted by Crippen LogP contribution is -2.01. The second-order valence-electron chi connectivity index (χ2n) is 4.44. The van der Waals surface area contributed by atoms with Gasteiger partial charge in [-0.2, -0.15) is 5.10 Å². The molecule has 1 saturated carbocycles. The molecule has 78 valence electrons. The first-order valence-electron chi connectivity index (χ1n) is 5.46. The highest BCUT2D eigenvalue weighted by molar-refractivity contribution is 5.42. The number of anilines is 1. The van der Waals surface area contributed by atoms with E-state index in [0.29, 0.717) is 0 Å². The number of hydrogen-bond donors (Lipinski definition) is 1. The molecule has 3 heteroatoms. The van der Waals surface area contributed by atoms with Gasteiger partial charge in [-0.3, -0.25) is 4.68 Å². The summed E-state index contributed by atoms with van der Waals surface area (Å²) in [5.74, 6) is 1.67. The third kappa shape index (κ3) is 1.63. The molecule has 1 fully saturated rings. The molecule has 0 bridgehead atoms. The van der Waals surface area contributed by atoms with E-state index in [1.807, 2.05) is 7.05 Å². The molecule has 2 rings (SSSR count). The Balaban J connectivity index is 2.12. The van der Waals surface area contributed by atoms with Crippen molar-refractivity contribution in [2.24, 2.45) is 13.0 Å². The Morgan fingerprint density at radius 2 is 2.07 bits per heavy atom. The van der Waals surface area contributed by atoms with Gasteiger partial charge in [0.15, 0.2) is 0 Å². The maximum absolute atomic E-state index is 5.88. The summed E-state index contributed by atoms with van der Waals surface area (Å²) in [4.78, 5) is 0. The highest BCUT2D eigenvalue weighted by Gasteiger charge is 2.19. The first kappa shape index (κ1) is 9.56. The van der Waals surface area contributed by atoms with Crippen LogP contribution in [0.5, 0.6) is 0 Å². The van der Waals surface area contributed by atoms with Crippen molar-refractivity contribution in [3.63, 3.8) is 0 Å². The van der Waals surface area contributed by atoms with Crippen molar-refractivity contribution < 1.29 is 0 Å². The molecule has 3 nitrogen and oxygen atoms in total. The van der Waals surface area contributed by atoms with Gasteiger partial charge in [-0.1, -0.05) is 25.7 Å². The maximum Gasteiger partial charge on any atom is 0.124 e. The number of nitrogens with two attached hydrogens (primary N) is 1. The van der Waals surface area contributed by atoms with Crippen LogP contribution in [-0.2, 0) is 13.5 Å². The molecule has 0 saturated heterocycles. The predicted octanol–water partition coefficient (Wildman–Crippen LogP) is 2.04.